The summed E-state index contributed by atoms with van der Waals surface area (Å²) in [5.74, 6) is 0. The van der Waals surface area contributed by atoms with Crippen molar-refractivity contribution in [2.45, 2.75) is 0 Å². The predicted octanol–water partition coefficient (Wildman–Crippen LogP) is 1.27. The summed E-state index contributed by atoms with van der Waals surface area (Å²) in [6, 6.07) is 5.23. The van der Waals surface area contributed by atoms with E-state index in [1.807, 2.05) is 0 Å². The zero-order chi connectivity index (χ0) is 10.2. The van der Waals surface area contributed by atoms with E-state index in [4.69, 9.17) is 10.3 Å². The molecule has 0 fully saturated rings. The van der Waals surface area contributed by atoms with E-state index < -0.39 is 6.09 Å². The van der Waals surface area contributed by atoms with Gasteiger partial charge in [0, 0.05) is 17.0 Å². The fraction of sp³-hybridized carbons (Fsp3) is 0.250. The van der Waals surface area contributed by atoms with Gasteiger partial charge in [0.15, 0.2) is 12.4 Å². The van der Waals surface area contributed by atoms with Crippen molar-refractivity contribution in [3.05, 3.63) is 41.0 Å². The summed E-state index contributed by atoms with van der Waals surface area (Å²) < 4.78 is 6.09. The van der Waals surface area contributed by atoms with Crippen molar-refractivity contribution >= 4 is 6.09 Å². The first kappa shape index (κ1) is 10.0. The molecule has 0 unspecified atom stereocenters. The van der Waals surface area contributed by atoms with Gasteiger partial charge in [0.05, 0.1) is 6.54 Å². The molecule has 0 aliphatic rings. The van der Waals surface area contributed by atoms with Crippen molar-refractivity contribution in [2.75, 3.05) is 13.2 Å². The first-order chi connectivity index (χ1) is 6.84. The monoisotopic (exact) mass is 193 g/mol. The van der Waals surface area contributed by atoms with Gasteiger partial charge in [0.2, 0.25) is 0 Å². The smallest absolute Gasteiger partial charge is 0.411 e. The van der Waals surface area contributed by atoms with Crippen LogP contribution in [0.15, 0.2) is 35.7 Å². The third kappa shape index (κ3) is 3.12. The molecule has 0 atom stereocenters. The summed E-state index contributed by atoms with van der Waals surface area (Å²) >= 11 is 0. The zero-order valence-corrected chi connectivity index (χ0v) is 7.41. The first-order valence-electron chi connectivity index (χ1n) is 3.99. The van der Waals surface area contributed by atoms with Gasteiger partial charge in [-0.3, -0.25) is 0 Å². The topological polar surface area (TPSA) is 78.9 Å². The Hall–Kier alpha value is -2.07. The van der Waals surface area contributed by atoms with E-state index in [0.29, 0.717) is 0 Å². The van der Waals surface area contributed by atoms with Gasteiger partial charge in [-0.25, -0.2) is 0 Å². The summed E-state index contributed by atoms with van der Waals surface area (Å²) in [7, 11) is 0. The van der Waals surface area contributed by atoms with Crippen LogP contribution in [-0.2, 0) is 4.74 Å². The van der Waals surface area contributed by atoms with Crippen LogP contribution in [0.1, 0.15) is 0 Å². The highest BCUT2D eigenvalue weighted by Crippen LogP contribution is 1.82. The van der Waals surface area contributed by atoms with Crippen molar-refractivity contribution in [3.8, 4) is 0 Å². The summed E-state index contributed by atoms with van der Waals surface area (Å²) in [6.07, 6.45) is 2.67. The van der Waals surface area contributed by atoms with Crippen LogP contribution in [0.2, 0.25) is 0 Å². The Morgan fingerprint density at radius 3 is 2.79 bits per heavy atom. The van der Waals surface area contributed by atoms with Gasteiger partial charge in [0.1, 0.15) is 6.61 Å². The molecule has 6 nitrogen and oxygen atoms in total. The second-order valence-corrected chi connectivity index (χ2v) is 2.35. The molecular formula is C8H9N4O2+. The Morgan fingerprint density at radius 2 is 2.14 bits per heavy atom. The number of carbonyl (C=O) groups excluding carboxylic acids is 1. The van der Waals surface area contributed by atoms with Crippen molar-refractivity contribution in [3.63, 3.8) is 0 Å². The molecule has 1 heterocycles. The lowest BCUT2D eigenvalue weighted by Crippen LogP contribution is -2.42. The number of hydrogen-bond donors (Lipinski definition) is 0. The van der Waals surface area contributed by atoms with E-state index in [9.17, 15) is 4.79 Å². The molecule has 0 radical (unpaired) electrons. The third-order valence-corrected chi connectivity index (χ3v) is 1.41. The van der Waals surface area contributed by atoms with Crippen LogP contribution in [0.5, 0.6) is 0 Å². The maximum absolute atomic E-state index is 11.2. The Labute approximate surface area is 80.4 Å². The largest absolute Gasteiger partial charge is 0.601 e. The lowest BCUT2D eigenvalue weighted by atomic mass is 10.5. The lowest BCUT2D eigenvalue weighted by Gasteiger charge is -1.95. The van der Waals surface area contributed by atoms with Crippen molar-refractivity contribution in [1.82, 2.24) is 0 Å². The Kier molecular flexibility index (Phi) is 3.97. The summed E-state index contributed by atoms with van der Waals surface area (Å²) in [4.78, 5) is 13.7. The molecule has 0 saturated heterocycles. The molecule has 0 saturated carbocycles. The van der Waals surface area contributed by atoms with Gasteiger partial charge in [-0.15, -0.1) is 0 Å². The second kappa shape index (κ2) is 5.55. The number of azide groups is 1. The average molecular weight is 193 g/mol. The van der Waals surface area contributed by atoms with E-state index in [0.717, 1.165) is 0 Å². The predicted molar refractivity (Wildman–Crippen MR) is 47.4 cm³/mol. The minimum absolute atomic E-state index is 0.0881. The van der Waals surface area contributed by atoms with Gasteiger partial charge < -0.3 is 4.74 Å². The molecule has 0 aliphatic heterocycles. The minimum Gasteiger partial charge on any atom is -0.411 e. The molecule has 14 heavy (non-hydrogen) atoms. The van der Waals surface area contributed by atoms with Crippen LogP contribution >= 0.6 is 0 Å². The molecule has 0 aromatic carbocycles. The molecule has 0 spiro atoms. The van der Waals surface area contributed by atoms with Gasteiger partial charge in [-0.05, 0) is 5.53 Å². The zero-order valence-electron chi connectivity index (χ0n) is 7.41. The van der Waals surface area contributed by atoms with Crippen LogP contribution < -0.4 is 4.57 Å². The summed E-state index contributed by atoms with van der Waals surface area (Å²) in [6.45, 7) is 0.237. The van der Waals surface area contributed by atoms with Crippen molar-refractivity contribution < 1.29 is 14.1 Å². The minimum atomic E-state index is -0.487. The molecule has 1 aromatic rings. The van der Waals surface area contributed by atoms with E-state index >= 15 is 0 Å². The van der Waals surface area contributed by atoms with Crippen LogP contribution in [-0.4, -0.2) is 19.2 Å². The fourth-order valence-corrected chi connectivity index (χ4v) is 0.813. The third-order valence-electron chi connectivity index (χ3n) is 1.41. The average Bonchev–Trinajstić information content (AvgIpc) is 2.25. The number of carbonyl (C=O) groups is 1. The SMILES string of the molecule is [N-]=[N+]=NCCOC(=O)[n+]1ccccc1. The van der Waals surface area contributed by atoms with E-state index in [-0.39, 0.29) is 13.2 Å². The molecule has 0 aliphatic carbocycles. The standard InChI is InChI=1S/C8H9N4O2/c9-11-10-4-7-14-8(13)12-5-2-1-3-6-12/h1-3,5-6H,4,7H2/q+1. The maximum Gasteiger partial charge on any atom is 0.601 e. The van der Waals surface area contributed by atoms with Crippen LogP contribution in [0, 0.1) is 0 Å². The van der Waals surface area contributed by atoms with Gasteiger partial charge in [-0.2, -0.15) is 4.79 Å². The number of rotatable bonds is 3. The fourth-order valence-electron chi connectivity index (χ4n) is 0.813. The second-order valence-electron chi connectivity index (χ2n) is 2.35. The Bertz CT molecular complexity index is 346. The van der Waals surface area contributed by atoms with Gasteiger partial charge in [-0.1, -0.05) is 15.7 Å². The highest BCUT2D eigenvalue weighted by Gasteiger charge is 2.13. The molecule has 0 N–H and O–H groups in total. The number of pyridine rings is 1. The first-order valence-corrected chi connectivity index (χ1v) is 3.99. The quantitative estimate of drug-likeness (QED) is 0.238. The van der Waals surface area contributed by atoms with Crippen molar-refractivity contribution in [2.24, 2.45) is 5.11 Å². The van der Waals surface area contributed by atoms with Crippen LogP contribution in [0.4, 0.5) is 4.79 Å². The maximum atomic E-state index is 11.2. The molecule has 1 aromatic heterocycles. The molecule has 0 bridgehead atoms. The molecule has 0 amide bonds. The number of nitrogens with zero attached hydrogens (tertiary/aromatic N) is 4. The van der Waals surface area contributed by atoms with Crippen LogP contribution in [0.3, 0.4) is 0 Å². The van der Waals surface area contributed by atoms with Gasteiger partial charge >= 0.3 is 6.09 Å². The van der Waals surface area contributed by atoms with E-state index in [1.54, 1.807) is 30.6 Å². The number of aromatic nitrogens is 1. The Morgan fingerprint density at radius 1 is 1.43 bits per heavy atom. The molecule has 1 rings (SSSR count). The highest BCUT2D eigenvalue weighted by atomic mass is 16.5. The summed E-state index contributed by atoms with van der Waals surface area (Å²) in [5.41, 5.74) is 7.96. The number of ether oxygens (including phenoxy) is 1. The molecule has 72 valence electrons. The molecular weight excluding hydrogens is 184 g/mol. The normalized spacial score (nSPS) is 8.86. The Balaban J connectivity index is 2.40. The van der Waals surface area contributed by atoms with E-state index in [1.165, 1.54) is 4.57 Å². The summed E-state index contributed by atoms with van der Waals surface area (Å²) in [5, 5.41) is 3.23. The number of hydrogen-bond acceptors (Lipinski definition) is 3. The molecule has 6 heteroatoms. The van der Waals surface area contributed by atoms with Gasteiger partial charge in [0.25, 0.3) is 0 Å². The highest BCUT2D eigenvalue weighted by molar-refractivity contribution is 5.56. The van der Waals surface area contributed by atoms with E-state index in [2.05, 4.69) is 10.0 Å². The van der Waals surface area contributed by atoms with Crippen molar-refractivity contribution in [1.29, 1.82) is 0 Å². The van der Waals surface area contributed by atoms with Crippen LogP contribution in [0.25, 0.3) is 10.4 Å². The lowest BCUT2D eigenvalue weighted by molar-refractivity contribution is -0.586.